The predicted molar refractivity (Wildman–Crippen MR) is 68.9 cm³/mol. The third-order valence-corrected chi connectivity index (χ3v) is 3.66. The van der Waals surface area contributed by atoms with Crippen LogP contribution in [0.15, 0.2) is 24.3 Å². The number of carbonyl (C=O) groups excluding carboxylic acids is 1. The van der Waals surface area contributed by atoms with Crippen molar-refractivity contribution in [3.05, 3.63) is 34.9 Å². The van der Waals surface area contributed by atoms with Gasteiger partial charge in [-0.2, -0.15) is 0 Å². The summed E-state index contributed by atoms with van der Waals surface area (Å²) in [6.45, 7) is 2.78. The summed E-state index contributed by atoms with van der Waals surface area (Å²) in [7, 11) is 0. The van der Waals surface area contributed by atoms with Gasteiger partial charge in [0, 0.05) is 23.7 Å². The number of amides is 1. The number of halogens is 1. The first-order valence-corrected chi connectivity index (χ1v) is 6.25. The van der Waals surface area contributed by atoms with Gasteiger partial charge in [0.2, 0.25) is 5.91 Å². The summed E-state index contributed by atoms with van der Waals surface area (Å²) in [5.74, 6) is 0.146. The van der Waals surface area contributed by atoms with E-state index in [4.69, 9.17) is 17.3 Å². The van der Waals surface area contributed by atoms with Crippen LogP contribution < -0.4 is 5.73 Å². The molecule has 0 saturated carbocycles. The van der Waals surface area contributed by atoms with Crippen molar-refractivity contribution in [3.63, 3.8) is 0 Å². The van der Waals surface area contributed by atoms with Crippen LogP contribution in [0.2, 0.25) is 5.02 Å². The Balaban J connectivity index is 2.00. The molecule has 1 aromatic rings. The van der Waals surface area contributed by atoms with Gasteiger partial charge in [-0.3, -0.25) is 4.79 Å². The van der Waals surface area contributed by atoms with E-state index in [9.17, 15) is 4.79 Å². The lowest BCUT2D eigenvalue weighted by atomic mass is 10.1. The number of hydrogen-bond donors (Lipinski definition) is 1. The van der Waals surface area contributed by atoms with Gasteiger partial charge in [-0.15, -0.1) is 0 Å². The highest BCUT2D eigenvalue weighted by Gasteiger charge is 2.30. The molecule has 92 valence electrons. The van der Waals surface area contributed by atoms with Gasteiger partial charge in [-0.05, 0) is 31.0 Å². The van der Waals surface area contributed by atoms with Crippen molar-refractivity contribution < 1.29 is 4.79 Å². The smallest absolute Gasteiger partial charge is 0.227 e. The van der Waals surface area contributed by atoms with E-state index in [0.717, 1.165) is 18.5 Å². The summed E-state index contributed by atoms with van der Waals surface area (Å²) in [5.41, 5.74) is 6.90. The molecule has 0 bridgehead atoms. The Kier molecular flexibility index (Phi) is 3.69. The lowest BCUT2D eigenvalue weighted by molar-refractivity contribution is -0.131. The lowest BCUT2D eigenvalue weighted by Crippen LogP contribution is -2.41. The molecule has 0 spiro atoms. The van der Waals surface area contributed by atoms with E-state index in [1.54, 1.807) is 0 Å². The van der Waals surface area contributed by atoms with E-state index in [1.807, 2.05) is 36.1 Å². The molecule has 1 aliphatic rings. The Morgan fingerprint density at radius 3 is 2.65 bits per heavy atom. The number of likely N-dealkylation sites (tertiary alicyclic amines) is 1. The van der Waals surface area contributed by atoms with Crippen LogP contribution in [0.25, 0.3) is 0 Å². The van der Waals surface area contributed by atoms with Crippen molar-refractivity contribution in [2.75, 3.05) is 6.54 Å². The summed E-state index contributed by atoms with van der Waals surface area (Å²) in [6, 6.07) is 7.66. The molecule has 1 amide bonds. The van der Waals surface area contributed by atoms with Crippen molar-refractivity contribution in [1.29, 1.82) is 0 Å². The number of nitrogens with two attached hydrogens (primary N) is 1. The molecular weight excluding hydrogens is 236 g/mol. The van der Waals surface area contributed by atoms with Gasteiger partial charge in [0.25, 0.3) is 0 Å². The zero-order valence-electron chi connectivity index (χ0n) is 9.90. The molecule has 17 heavy (non-hydrogen) atoms. The molecule has 1 heterocycles. The van der Waals surface area contributed by atoms with Gasteiger partial charge in [-0.25, -0.2) is 0 Å². The van der Waals surface area contributed by atoms with E-state index in [-0.39, 0.29) is 18.0 Å². The minimum Gasteiger partial charge on any atom is -0.338 e. The Morgan fingerprint density at radius 1 is 1.47 bits per heavy atom. The highest BCUT2D eigenvalue weighted by atomic mass is 35.5. The van der Waals surface area contributed by atoms with Crippen LogP contribution in [-0.4, -0.2) is 29.4 Å². The van der Waals surface area contributed by atoms with Crippen LogP contribution in [-0.2, 0) is 11.2 Å². The zero-order valence-corrected chi connectivity index (χ0v) is 10.7. The summed E-state index contributed by atoms with van der Waals surface area (Å²) in [4.78, 5) is 14.0. The molecular formula is C13H17ClN2O. The molecule has 4 heteroatoms. The van der Waals surface area contributed by atoms with Gasteiger partial charge < -0.3 is 10.6 Å². The number of rotatable bonds is 2. The Labute approximate surface area is 107 Å². The Bertz CT molecular complexity index is 404. The molecule has 1 aromatic carbocycles. The quantitative estimate of drug-likeness (QED) is 0.873. The second-order valence-corrected chi connectivity index (χ2v) is 5.02. The summed E-state index contributed by atoms with van der Waals surface area (Å²) in [6.07, 6.45) is 1.32. The third kappa shape index (κ3) is 2.79. The molecule has 1 aliphatic heterocycles. The predicted octanol–water partition coefficient (Wildman–Crippen LogP) is 1.83. The van der Waals surface area contributed by atoms with E-state index in [0.29, 0.717) is 11.4 Å². The molecule has 0 aromatic heterocycles. The minimum atomic E-state index is 0.115. The average molecular weight is 253 g/mol. The number of nitrogens with zero attached hydrogens (tertiary/aromatic N) is 1. The zero-order chi connectivity index (χ0) is 12.4. The van der Waals surface area contributed by atoms with Crippen molar-refractivity contribution in [1.82, 2.24) is 4.90 Å². The number of hydrogen-bond acceptors (Lipinski definition) is 2. The fourth-order valence-electron chi connectivity index (χ4n) is 2.19. The molecule has 0 radical (unpaired) electrons. The molecule has 2 rings (SSSR count). The number of carbonyl (C=O) groups is 1. The maximum absolute atomic E-state index is 12.1. The fourth-order valence-corrected chi connectivity index (χ4v) is 2.32. The molecule has 2 atom stereocenters. The maximum atomic E-state index is 12.1. The molecule has 1 fully saturated rings. The van der Waals surface area contributed by atoms with E-state index >= 15 is 0 Å². The molecule has 2 unspecified atom stereocenters. The normalized spacial score (nSPS) is 24.1. The lowest BCUT2D eigenvalue weighted by Gasteiger charge is -2.23. The molecule has 1 saturated heterocycles. The first-order chi connectivity index (χ1) is 8.08. The maximum Gasteiger partial charge on any atom is 0.227 e. The Morgan fingerprint density at radius 2 is 2.12 bits per heavy atom. The van der Waals surface area contributed by atoms with Crippen LogP contribution in [0.3, 0.4) is 0 Å². The Hall–Kier alpha value is -1.06. The van der Waals surface area contributed by atoms with Crippen LogP contribution >= 0.6 is 11.6 Å². The van der Waals surface area contributed by atoms with E-state index < -0.39 is 0 Å². The SMILES string of the molecule is CC1C(N)CCN1C(=O)Cc1ccc(Cl)cc1. The highest BCUT2D eigenvalue weighted by molar-refractivity contribution is 6.30. The summed E-state index contributed by atoms with van der Waals surface area (Å²) in [5, 5.41) is 0.692. The fraction of sp³-hybridized carbons (Fsp3) is 0.462. The molecule has 3 nitrogen and oxygen atoms in total. The van der Waals surface area contributed by atoms with Crippen LogP contribution in [0.5, 0.6) is 0 Å². The average Bonchev–Trinajstić information content (AvgIpc) is 2.63. The van der Waals surface area contributed by atoms with Crippen molar-refractivity contribution in [2.24, 2.45) is 5.73 Å². The second kappa shape index (κ2) is 5.07. The van der Waals surface area contributed by atoms with Gasteiger partial charge >= 0.3 is 0 Å². The van der Waals surface area contributed by atoms with E-state index in [1.165, 1.54) is 0 Å². The highest BCUT2D eigenvalue weighted by Crippen LogP contribution is 2.18. The van der Waals surface area contributed by atoms with Gasteiger partial charge in [0.05, 0.1) is 6.42 Å². The second-order valence-electron chi connectivity index (χ2n) is 4.58. The molecule has 2 N–H and O–H groups in total. The first-order valence-electron chi connectivity index (χ1n) is 5.87. The van der Waals surface area contributed by atoms with Gasteiger partial charge in [0.15, 0.2) is 0 Å². The number of benzene rings is 1. The summed E-state index contributed by atoms with van der Waals surface area (Å²) < 4.78 is 0. The summed E-state index contributed by atoms with van der Waals surface area (Å²) >= 11 is 5.81. The van der Waals surface area contributed by atoms with E-state index in [2.05, 4.69) is 0 Å². The standard InChI is InChI=1S/C13H17ClN2O/c1-9-12(15)6-7-16(9)13(17)8-10-2-4-11(14)5-3-10/h2-5,9,12H,6-8,15H2,1H3. The van der Waals surface area contributed by atoms with Gasteiger partial charge in [0.1, 0.15) is 0 Å². The van der Waals surface area contributed by atoms with Crippen LogP contribution in [0.1, 0.15) is 18.9 Å². The van der Waals surface area contributed by atoms with Crippen molar-refractivity contribution in [3.8, 4) is 0 Å². The van der Waals surface area contributed by atoms with Crippen molar-refractivity contribution in [2.45, 2.75) is 31.8 Å². The third-order valence-electron chi connectivity index (χ3n) is 3.40. The monoisotopic (exact) mass is 252 g/mol. The van der Waals surface area contributed by atoms with Crippen molar-refractivity contribution >= 4 is 17.5 Å². The largest absolute Gasteiger partial charge is 0.338 e. The van der Waals surface area contributed by atoms with Crippen LogP contribution in [0.4, 0.5) is 0 Å². The first kappa shape index (κ1) is 12.4. The van der Waals surface area contributed by atoms with Crippen LogP contribution in [0, 0.1) is 0 Å². The minimum absolute atomic E-state index is 0.115. The van der Waals surface area contributed by atoms with Gasteiger partial charge in [-0.1, -0.05) is 23.7 Å². The topological polar surface area (TPSA) is 46.3 Å². The molecule has 0 aliphatic carbocycles.